The molecule has 0 fully saturated rings. The Hall–Kier alpha value is -3.25. The maximum atomic E-state index is 13.6. The second kappa shape index (κ2) is 13.2. The number of hydrogen-bond acceptors (Lipinski definition) is 7. The number of pyridine rings is 1. The molecule has 0 spiro atoms. The molecule has 0 aliphatic carbocycles. The Morgan fingerprint density at radius 2 is 1.78 bits per heavy atom. The number of carbonyl (C=O) groups is 1. The lowest BCUT2D eigenvalue weighted by Gasteiger charge is -2.41. The number of fused-ring (bicyclic) bond motifs is 1. The molecule has 1 aliphatic heterocycles. The average Bonchev–Trinajstić information content (AvgIpc) is 2.94. The summed E-state index contributed by atoms with van der Waals surface area (Å²) in [7, 11) is -6.03. The van der Waals surface area contributed by atoms with Gasteiger partial charge >= 0.3 is 6.09 Å². The van der Waals surface area contributed by atoms with Crippen molar-refractivity contribution in [3.05, 3.63) is 78.1 Å². The summed E-state index contributed by atoms with van der Waals surface area (Å²) < 4.78 is 42.9. The zero-order valence-electron chi connectivity index (χ0n) is 27.7. The first-order valence-corrected chi connectivity index (χ1v) is 19.8. The van der Waals surface area contributed by atoms with Crippen molar-refractivity contribution >= 4 is 24.4 Å². The summed E-state index contributed by atoms with van der Waals surface area (Å²) in [4.78, 5) is 19.8. The number of nitrogens with two attached hydrogens (primary N) is 1. The zero-order valence-corrected chi connectivity index (χ0v) is 29.5. The standard InChI is InChI=1S/C34H47N3O6SSi/c1-33(2,3)42-32(38)37(23-31(27-12-10-18-36-21-27)43-45(7,8)34(4,5)6)22-28-16-14-26-19-25(15-17-30(26)41-28)24-11-9-13-29(20-24)44(35,39)40/h9-13,15,17-21,28,31H,14,16,22-23H2,1-8H3,(H2,35,39,40)/t28-,31-/m0/s1. The molecule has 2 atom stereocenters. The van der Waals surface area contributed by atoms with Gasteiger partial charge in [0.1, 0.15) is 17.5 Å². The fourth-order valence-corrected chi connectivity index (χ4v) is 6.75. The fourth-order valence-electron chi connectivity index (χ4n) is 4.91. The predicted molar refractivity (Wildman–Crippen MR) is 179 cm³/mol. The molecule has 11 heteroatoms. The molecule has 1 aliphatic rings. The van der Waals surface area contributed by atoms with Gasteiger partial charge in [-0.3, -0.25) is 4.98 Å². The number of benzene rings is 2. The van der Waals surface area contributed by atoms with Crippen molar-refractivity contribution in [3.63, 3.8) is 0 Å². The van der Waals surface area contributed by atoms with Crippen molar-refractivity contribution in [2.24, 2.45) is 5.14 Å². The van der Waals surface area contributed by atoms with E-state index in [0.29, 0.717) is 19.5 Å². The second-order valence-corrected chi connectivity index (χ2v) is 20.5. The van der Waals surface area contributed by atoms with Gasteiger partial charge in [-0.25, -0.2) is 18.4 Å². The van der Waals surface area contributed by atoms with Crippen LogP contribution in [0.4, 0.5) is 4.79 Å². The Balaban J connectivity index is 1.58. The van der Waals surface area contributed by atoms with Crippen LogP contribution in [0.2, 0.25) is 18.1 Å². The van der Waals surface area contributed by atoms with Gasteiger partial charge in [0.05, 0.1) is 24.1 Å². The predicted octanol–water partition coefficient (Wildman–Crippen LogP) is 7.09. The van der Waals surface area contributed by atoms with Crippen molar-refractivity contribution < 1.29 is 27.1 Å². The van der Waals surface area contributed by atoms with Crippen molar-refractivity contribution in [1.82, 2.24) is 9.88 Å². The lowest BCUT2D eigenvalue weighted by atomic mass is 9.97. The Kier molecular flexibility index (Phi) is 10.2. The quantitative estimate of drug-likeness (QED) is 0.245. The molecule has 0 saturated heterocycles. The van der Waals surface area contributed by atoms with Gasteiger partial charge in [0.15, 0.2) is 8.32 Å². The molecule has 2 N–H and O–H groups in total. The number of nitrogens with zero attached hydrogens (tertiary/aromatic N) is 2. The molecule has 1 aromatic heterocycles. The lowest BCUT2D eigenvalue weighted by Crippen LogP contribution is -2.48. The van der Waals surface area contributed by atoms with E-state index in [4.69, 9.17) is 19.0 Å². The number of carbonyl (C=O) groups excluding carboxylic acids is 1. The highest BCUT2D eigenvalue weighted by atomic mass is 32.2. The van der Waals surface area contributed by atoms with E-state index >= 15 is 0 Å². The number of primary sulfonamides is 1. The Bertz CT molecular complexity index is 1600. The van der Waals surface area contributed by atoms with Crippen LogP contribution in [0.15, 0.2) is 71.9 Å². The maximum absolute atomic E-state index is 13.6. The molecular formula is C34H47N3O6SSi. The normalized spacial score (nSPS) is 16.3. The van der Waals surface area contributed by atoms with E-state index in [0.717, 1.165) is 34.4 Å². The van der Waals surface area contributed by atoms with E-state index in [1.165, 1.54) is 6.07 Å². The highest BCUT2D eigenvalue weighted by molar-refractivity contribution is 7.89. The second-order valence-electron chi connectivity index (χ2n) is 14.2. The van der Waals surface area contributed by atoms with E-state index in [1.54, 1.807) is 29.4 Å². The number of amides is 1. The third-order valence-corrected chi connectivity index (χ3v) is 13.7. The molecule has 0 radical (unpaired) electrons. The molecule has 244 valence electrons. The molecule has 4 rings (SSSR count). The van der Waals surface area contributed by atoms with Crippen LogP contribution in [-0.4, -0.2) is 57.5 Å². The third-order valence-electron chi connectivity index (χ3n) is 8.35. The summed E-state index contributed by atoms with van der Waals surface area (Å²) in [5.74, 6) is 0.739. The topological polar surface area (TPSA) is 121 Å². The summed E-state index contributed by atoms with van der Waals surface area (Å²) in [6, 6.07) is 16.3. The van der Waals surface area contributed by atoms with Crippen LogP contribution < -0.4 is 9.88 Å². The Labute approximate surface area is 269 Å². The summed E-state index contributed by atoms with van der Waals surface area (Å²) in [6.45, 7) is 17.2. The number of hydrogen-bond donors (Lipinski definition) is 1. The molecule has 3 aromatic rings. The molecule has 45 heavy (non-hydrogen) atoms. The van der Waals surface area contributed by atoms with Crippen molar-refractivity contribution in [2.75, 3.05) is 13.1 Å². The van der Waals surface area contributed by atoms with Gasteiger partial charge in [-0.15, -0.1) is 0 Å². The molecule has 0 bridgehead atoms. The van der Waals surface area contributed by atoms with Gasteiger partial charge in [0, 0.05) is 12.4 Å². The van der Waals surface area contributed by atoms with Gasteiger partial charge in [0.25, 0.3) is 0 Å². The first-order valence-electron chi connectivity index (χ1n) is 15.3. The molecule has 2 aromatic carbocycles. The number of rotatable bonds is 9. The zero-order chi connectivity index (χ0) is 33.2. The molecule has 0 saturated carbocycles. The number of sulfonamides is 1. The third kappa shape index (κ3) is 9.15. The van der Waals surface area contributed by atoms with Gasteiger partial charge < -0.3 is 18.8 Å². The maximum Gasteiger partial charge on any atom is 0.410 e. The van der Waals surface area contributed by atoms with E-state index in [9.17, 15) is 13.2 Å². The molecular weight excluding hydrogens is 607 g/mol. The minimum Gasteiger partial charge on any atom is -0.488 e. The van der Waals surface area contributed by atoms with Crippen molar-refractivity contribution in [3.8, 4) is 16.9 Å². The van der Waals surface area contributed by atoms with Crippen LogP contribution in [0, 0.1) is 0 Å². The Morgan fingerprint density at radius 1 is 1.07 bits per heavy atom. The number of ether oxygens (including phenoxy) is 2. The van der Waals surface area contributed by atoms with Gasteiger partial charge in [0.2, 0.25) is 10.0 Å². The van der Waals surface area contributed by atoms with Crippen molar-refractivity contribution in [2.45, 2.75) is 95.2 Å². The first kappa shape index (κ1) is 34.6. The minimum atomic E-state index is -3.81. The minimum absolute atomic E-state index is 0.0286. The lowest BCUT2D eigenvalue weighted by molar-refractivity contribution is 0.00490. The smallest absolute Gasteiger partial charge is 0.410 e. The van der Waals surface area contributed by atoms with Crippen LogP contribution in [0.1, 0.15) is 65.2 Å². The molecule has 2 heterocycles. The van der Waals surface area contributed by atoms with Crippen LogP contribution in [0.25, 0.3) is 11.1 Å². The number of aryl methyl sites for hydroxylation is 1. The van der Waals surface area contributed by atoms with E-state index in [2.05, 4.69) is 38.8 Å². The van der Waals surface area contributed by atoms with Crippen LogP contribution >= 0.6 is 0 Å². The van der Waals surface area contributed by atoms with Crippen molar-refractivity contribution in [1.29, 1.82) is 0 Å². The van der Waals surface area contributed by atoms with Gasteiger partial charge in [-0.2, -0.15) is 0 Å². The van der Waals surface area contributed by atoms with E-state index in [-0.39, 0.29) is 16.0 Å². The highest BCUT2D eigenvalue weighted by Gasteiger charge is 2.41. The van der Waals surface area contributed by atoms with E-state index in [1.807, 2.05) is 57.2 Å². The fraction of sp³-hybridized carbons (Fsp3) is 0.471. The summed E-state index contributed by atoms with van der Waals surface area (Å²) >= 11 is 0. The van der Waals surface area contributed by atoms with Crippen LogP contribution in [-0.2, 0) is 25.6 Å². The summed E-state index contributed by atoms with van der Waals surface area (Å²) in [6.07, 6.45) is 3.88. The number of aromatic nitrogens is 1. The molecule has 1 amide bonds. The molecule has 0 unspecified atom stereocenters. The monoisotopic (exact) mass is 653 g/mol. The molecule has 9 nitrogen and oxygen atoms in total. The van der Waals surface area contributed by atoms with Gasteiger partial charge in [-0.05, 0) is 104 Å². The highest BCUT2D eigenvalue weighted by Crippen LogP contribution is 2.40. The average molecular weight is 654 g/mol. The first-order chi connectivity index (χ1) is 20.8. The Morgan fingerprint density at radius 3 is 2.40 bits per heavy atom. The summed E-state index contributed by atoms with van der Waals surface area (Å²) in [5.41, 5.74) is 2.88. The van der Waals surface area contributed by atoms with Crippen LogP contribution in [0.3, 0.4) is 0 Å². The largest absolute Gasteiger partial charge is 0.488 e. The van der Waals surface area contributed by atoms with Crippen LogP contribution in [0.5, 0.6) is 5.75 Å². The van der Waals surface area contributed by atoms with E-state index < -0.39 is 36.1 Å². The summed E-state index contributed by atoms with van der Waals surface area (Å²) in [5, 5.41) is 5.31. The van der Waals surface area contributed by atoms with Gasteiger partial charge in [-0.1, -0.05) is 45.0 Å². The SMILES string of the molecule is CC(C)(C)OC(=O)N(C[C@@H]1CCc2cc(-c3cccc(S(N)(=O)=O)c3)ccc2O1)C[C@H](O[Si](C)(C)C(C)(C)C)c1cccnc1.